The van der Waals surface area contributed by atoms with Gasteiger partial charge in [0.1, 0.15) is 5.75 Å². The van der Waals surface area contributed by atoms with E-state index in [4.69, 9.17) is 10.5 Å². The smallest absolute Gasteiger partial charge is 0.131 e. The molecular formula is C13H18N2O. The normalized spacial score (nSPS) is 13.0. The number of aryl methyl sites for hydroxylation is 1. The molecule has 0 fully saturated rings. The van der Waals surface area contributed by atoms with E-state index in [0.29, 0.717) is 0 Å². The van der Waals surface area contributed by atoms with Gasteiger partial charge in [0.05, 0.1) is 7.11 Å². The number of fused-ring (bicyclic) bond motifs is 1. The van der Waals surface area contributed by atoms with Gasteiger partial charge in [-0.1, -0.05) is 6.07 Å². The molecule has 0 radical (unpaired) electrons. The average Bonchev–Trinajstić information content (AvgIpc) is 2.57. The summed E-state index contributed by atoms with van der Waals surface area (Å²) in [7, 11) is 1.71. The van der Waals surface area contributed by atoms with Crippen LogP contribution in [0.5, 0.6) is 5.75 Å². The molecule has 0 bridgehead atoms. The summed E-state index contributed by atoms with van der Waals surface area (Å²) in [6.45, 7) is 4.05. The predicted molar refractivity (Wildman–Crippen MR) is 66.9 cm³/mol. The van der Waals surface area contributed by atoms with E-state index in [1.165, 1.54) is 5.56 Å². The Morgan fingerprint density at radius 2 is 2.19 bits per heavy atom. The summed E-state index contributed by atoms with van der Waals surface area (Å²) in [5, 5.41) is 1.14. The van der Waals surface area contributed by atoms with Gasteiger partial charge in [-0.05, 0) is 38.0 Å². The number of hydrogen-bond acceptors (Lipinski definition) is 2. The highest BCUT2D eigenvalue weighted by Crippen LogP contribution is 2.30. The van der Waals surface area contributed by atoms with Gasteiger partial charge in [0.15, 0.2) is 0 Å². The molecule has 1 unspecified atom stereocenters. The molecule has 0 aliphatic carbocycles. The highest BCUT2D eigenvalue weighted by Gasteiger charge is 2.11. The maximum atomic E-state index is 5.83. The number of ether oxygens (including phenoxy) is 1. The summed E-state index contributed by atoms with van der Waals surface area (Å²) < 4.78 is 5.50. The Balaban J connectivity index is 2.57. The van der Waals surface area contributed by atoms with Crippen molar-refractivity contribution in [2.24, 2.45) is 5.73 Å². The summed E-state index contributed by atoms with van der Waals surface area (Å²) in [6.07, 6.45) is 0.837. The van der Waals surface area contributed by atoms with Crippen LogP contribution in [0.3, 0.4) is 0 Å². The van der Waals surface area contributed by atoms with Crippen molar-refractivity contribution in [3.05, 3.63) is 29.5 Å². The van der Waals surface area contributed by atoms with E-state index in [-0.39, 0.29) is 6.04 Å². The Kier molecular flexibility index (Phi) is 2.88. The number of aromatic amines is 1. The van der Waals surface area contributed by atoms with Gasteiger partial charge in [0.25, 0.3) is 0 Å². The number of H-pyrrole nitrogens is 1. The highest BCUT2D eigenvalue weighted by atomic mass is 16.5. The first-order chi connectivity index (χ1) is 7.61. The van der Waals surface area contributed by atoms with Crippen LogP contribution in [0.15, 0.2) is 18.2 Å². The SMILES string of the molecule is COc1c(CC(C)N)ccc2[nH]c(C)cc12. The second kappa shape index (κ2) is 4.18. The van der Waals surface area contributed by atoms with Crippen LogP contribution in [0, 0.1) is 6.92 Å². The molecule has 1 aromatic heterocycles. The molecule has 86 valence electrons. The van der Waals surface area contributed by atoms with Crippen LogP contribution in [-0.2, 0) is 6.42 Å². The van der Waals surface area contributed by atoms with Crippen LogP contribution in [-0.4, -0.2) is 18.1 Å². The Bertz CT molecular complexity index is 500. The largest absolute Gasteiger partial charge is 0.496 e. The number of rotatable bonds is 3. The molecule has 3 heteroatoms. The Hall–Kier alpha value is -1.48. The molecule has 0 saturated carbocycles. The second-order valence-electron chi connectivity index (χ2n) is 4.35. The molecule has 2 aromatic rings. The van der Waals surface area contributed by atoms with E-state index in [2.05, 4.69) is 23.2 Å². The zero-order valence-corrected chi connectivity index (χ0v) is 10.0. The number of methoxy groups -OCH3 is 1. The quantitative estimate of drug-likeness (QED) is 0.831. The van der Waals surface area contributed by atoms with E-state index in [1.54, 1.807) is 7.11 Å². The van der Waals surface area contributed by atoms with E-state index >= 15 is 0 Å². The van der Waals surface area contributed by atoms with Gasteiger partial charge < -0.3 is 15.5 Å². The first-order valence-corrected chi connectivity index (χ1v) is 5.52. The number of nitrogens with two attached hydrogens (primary N) is 1. The van der Waals surface area contributed by atoms with Gasteiger partial charge >= 0.3 is 0 Å². The maximum absolute atomic E-state index is 5.83. The molecule has 1 aromatic carbocycles. The molecule has 16 heavy (non-hydrogen) atoms. The predicted octanol–water partition coefficient (Wildman–Crippen LogP) is 2.37. The number of benzene rings is 1. The minimum absolute atomic E-state index is 0.145. The lowest BCUT2D eigenvalue weighted by Gasteiger charge is -2.11. The van der Waals surface area contributed by atoms with Gasteiger partial charge in [-0.2, -0.15) is 0 Å². The van der Waals surface area contributed by atoms with Gasteiger partial charge in [0, 0.05) is 22.6 Å². The van der Waals surface area contributed by atoms with Crippen molar-refractivity contribution < 1.29 is 4.74 Å². The van der Waals surface area contributed by atoms with Crippen LogP contribution in [0.2, 0.25) is 0 Å². The number of nitrogens with one attached hydrogen (secondary N) is 1. The van der Waals surface area contributed by atoms with E-state index < -0.39 is 0 Å². The monoisotopic (exact) mass is 218 g/mol. The fourth-order valence-electron chi connectivity index (χ4n) is 2.11. The molecule has 3 N–H and O–H groups in total. The Morgan fingerprint density at radius 1 is 1.44 bits per heavy atom. The molecule has 0 amide bonds. The fourth-order valence-corrected chi connectivity index (χ4v) is 2.11. The van der Waals surface area contributed by atoms with Crippen LogP contribution in [0.4, 0.5) is 0 Å². The van der Waals surface area contributed by atoms with Crippen molar-refractivity contribution in [1.82, 2.24) is 4.98 Å². The number of aromatic nitrogens is 1. The molecule has 3 nitrogen and oxygen atoms in total. The van der Waals surface area contributed by atoms with E-state index in [1.807, 2.05) is 13.8 Å². The first kappa shape index (κ1) is 11.0. The molecule has 0 spiro atoms. The first-order valence-electron chi connectivity index (χ1n) is 5.52. The van der Waals surface area contributed by atoms with Crippen molar-refractivity contribution in [2.75, 3.05) is 7.11 Å². The minimum Gasteiger partial charge on any atom is -0.496 e. The zero-order chi connectivity index (χ0) is 11.7. The van der Waals surface area contributed by atoms with Gasteiger partial charge in [-0.25, -0.2) is 0 Å². The average molecular weight is 218 g/mol. The molecule has 0 aliphatic heterocycles. The summed E-state index contributed by atoms with van der Waals surface area (Å²) >= 11 is 0. The fraction of sp³-hybridized carbons (Fsp3) is 0.385. The van der Waals surface area contributed by atoms with Crippen LogP contribution in [0.25, 0.3) is 10.9 Å². The highest BCUT2D eigenvalue weighted by molar-refractivity contribution is 5.88. The molecule has 1 heterocycles. The third-order valence-corrected chi connectivity index (χ3v) is 2.72. The lowest BCUT2D eigenvalue weighted by molar-refractivity contribution is 0.413. The molecule has 0 aliphatic rings. The maximum Gasteiger partial charge on any atom is 0.131 e. The van der Waals surface area contributed by atoms with Crippen molar-refractivity contribution in [3.8, 4) is 5.75 Å². The third-order valence-electron chi connectivity index (χ3n) is 2.72. The van der Waals surface area contributed by atoms with E-state index in [0.717, 1.165) is 28.8 Å². The topological polar surface area (TPSA) is 51.0 Å². The van der Waals surface area contributed by atoms with Gasteiger partial charge in [-0.3, -0.25) is 0 Å². The standard InChI is InChI=1S/C13H18N2O/c1-8(14)6-10-4-5-12-11(13(10)16-3)7-9(2)15-12/h4-5,7-8,15H,6,14H2,1-3H3. The van der Waals surface area contributed by atoms with Gasteiger partial charge in [0.2, 0.25) is 0 Å². The van der Waals surface area contributed by atoms with Crippen LogP contribution < -0.4 is 10.5 Å². The minimum atomic E-state index is 0.145. The van der Waals surface area contributed by atoms with E-state index in [9.17, 15) is 0 Å². The van der Waals surface area contributed by atoms with Gasteiger partial charge in [-0.15, -0.1) is 0 Å². The summed E-state index contributed by atoms with van der Waals surface area (Å²) in [6, 6.07) is 6.42. The molecule has 1 atom stereocenters. The van der Waals surface area contributed by atoms with Crippen molar-refractivity contribution in [3.63, 3.8) is 0 Å². The Morgan fingerprint density at radius 3 is 2.81 bits per heavy atom. The summed E-state index contributed by atoms with van der Waals surface area (Å²) in [5.74, 6) is 0.944. The summed E-state index contributed by atoms with van der Waals surface area (Å²) in [4.78, 5) is 3.30. The zero-order valence-electron chi connectivity index (χ0n) is 10.0. The van der Waals surface area contributed by atoms with Crippen LogP contribution >= 0.6 is 0 Å². The van der Waals surface area contributed by atoms with Crippen molar-refractivity contribution in [1.29, 1.82) is 0 Å². The van der Waals surface area contributed by atoms with Crippen molar-refractivity contribution >= 4 is 10.9 Å². The van der Waals surface area contributed by atoms with Crippen LogP contribution in [0.1, 0.15) is 18.2 Å². The lowest BCUT2D eigenvalue weighted by Crippen LogP contribution is -2.18. The lowest BCUT2D eigenvalue weighted by atomic mass is 10.0. The molecular weight excluding hydrogens is 200 g/mol. The van der Waals surface area contributed by atoms with Crippen molar-refractivity contribution in [2.45, 2.75) is 26.3 Å². The third kappa shape index (κ3) is 1.91. The number of hydrogen-bond donors (Lipinski definition) is 2. The second-order valence-corrected chi connectivity index (χ2v) is 4.35. The summed E-state index contributed by atoms with van der Waals surface area (Å²) in [5.41, 5.74) is 9.26. The molecule has 0 saturated heterocycles. The Labute approximate surface area is 95.6 Å². The molecule has 2 rings (SSSR count).